The number of carbonyl (C=O) groups excluding carboxylic acids is 1. The van der Waals surface area contributed by atoms with Gasteiger partial charge >= 0.3 is 0 Å². The van der Waals surface area contributed by atoms with Crippen molar-refractivity contribution in [2.24, 2.45) is 5.92 Å². The summed E-state index contributed by atoms with van der Waals surface area (Å²) in [5, 5.41) is 2.91. The Kier molecular flexibility index (Phi) is 5.53. The fourth-order valence-electron chi connectivity index (χ4n) is 1.56. The summed E-state index contributed by atoms with van der Waals surface area (Å²) < 4.78 is 5.24. The number of methoxy groups -OCH3 is 1. The third-order valence-electron chi connectivity index (χ3n) is 2.52. The molecule has 0 saturated carbocycles. The molecular weight excluding hydrogens is 214 g/mol. The number of ether oxygens (including phenoxy) is 1. The van der Waals surface area contributed by atoms with Crippen LogP contribution in [-0.2, 0) is 11.2 Å². The molecule has 0 unspecified atom stereocenters. The number of para-hydroxylation sites is 1. The molecule has 0 aliphatic heterocycles. The number of benzene rings is 1. The van der Waals surface area contributed by atoms with E-state index in [-0.39, 0.29) is 5.91 Å². The van der Waals surface area contributed by atoms with Crippen molar-refractivity contribution in [3.8, 4) is 5.75 Å². The minimum Gasteiger partial charge on any atom is -0.496 e. The van der Waals surface area contributed by atoms with Crippen LogP contribution in [-0.4, -0.2) is 19.6 Å². The van der Waals surface area contributed by atoms with Crippen LogP contribution in [0.3, 0.4) is 0 Å². The average Bonchev–Trinajstić information content (AvgIpc) is 2.34. The number of aryl methyl sites for hydroxylation is 1. The minimum absolute atomic E-state index is 0.101. The van der Waals surface area contributed by atoms with Gasteiger partial charge in [-0.2, -0.15) is 0 Å². The smallest absolute Gasteiger partial charge is 0.220 e. The molecule has 1 N–H and O–H groups in total. The Hall–Kier alpha value is -1.51. The van der Waals surface area contributed by atoms with E-state index in [2.05, 4.69) is 19.2 Å². The van der Waals surface area contributed by atoms with Gasteiger partial charge in [0.25, 0.3) is 0 Å². The molecule has 3 heteroatoms. The molecule has 1 rings (SSSR count). The van der Waals surface area contributed by atoms with E-state index in [0.29, 0.717) is 18.8 Å². The number of hydrogen-bond acceptors (Lipinski definition) is 2. The second-order valence-electron chi connectivity index (χ2n) is 4.51. The number of amides is 1. The van der Waals surface area contributed by atoms with E-state index >= 15 is 0 Å². The molecule has 0 aliphatic carbocycles. The quantitative estimate of drug-likeness (QED) is 0.822. The highest BCUT2D eigenvalue weighted by atomic mass is 16.5. The van der Waals surface area contributed by atoms with Crippen LogP contribution in [0, 0.1) is 5.92 Å². The number of nitrogens with one attached hydrogen (secondary N) is 1. The zero-order valence-corrected chi connectivity index (χ0v) is 10.8. The first-order valence-corrected chi connectivity index (χ1v) is 6.02. The molecule has 0 atom stereocenters. The fourth-order valence-corrected chi connectivity index (χ4v) is 1.56. The summed E-state index contributed by atoms with van der Waals surface area (Å²) in [6, 6.07) is 7.81. The molecule has 0 fully saturated rings. The largest absolute Gasteiger partial charge is 0.496 e. The van der Waals surface area contributed by atoms with Gasteiger partial charge in [0.1, 0.15) is 5.75 Å². The van der Waals surface area contributed by atoms with Crippen molar-refractivity contribution < 1.29 is 9.53 Å². The van der Waals surface area contributed by atoms with Gasteiger partial charge in [-0.15, -0.1) is 0 Å². The predicted molar refractivity (Wildman–Crippen MR) is 69.2 cm³/mol. The van der Waals surface area contributed by atoms with E-state index in [4.69, 9.17) is 4.74 Å². The molecule has 0 heterocycles. The highest BCUT2D eigenvalue weighted by molar-refractivity contribution is 5.76. The Morgan fingerprint density at radius 2 is 2.06 bits per heavy atom. The van der Waals surface area contributed by atoms with Crippen LogP contribution in [0.5, 0.6) is 5.75 Å². The predicted octanol–water partition coefficient (Wildman–Crippen LogP) is 2.40. The standard InChI is InChI=1S/C14H21NO2/c1-11(2)10-15-14(16)9-8-12-6-4-5-7-13(12)17-3/h4-7,11H,8-10H2,1-3H3,(H,15,16). The van der Waals surface area contributed by atoms with Crippen molar-refractivity contribution in [3.05, 3.63) is 29.8 Å². The van der Waals surface area contributed by atoms with Crippen LogP contribution >= 0.6 is 0 Å². The average molecular weight is 235 g/mol. The van der Waals surface area contributed by atoms with Crippen LogP contribution in [0.15, 0.2) is 24.3 Å². The molecular formula is C14H21NO2. The molecule has 0 bridgehead atoms. The van der Waals surface area contributed by atoms with Crippen LogP contribution in [0.1, 0.15) is 25.8 Å². The van der Waals surface area contributed by atoms with Gasteiger partial charge in [0.05, 0.1) is 7.11 Å². The lowest BCUT2D eigenvalue weighted by atomic mass is 10.1. The Morgan fingerprint density at radius 3 is 2.71 bits per heavy atom. The van der Waals surface area contributed by atoms with E-state index in [9.17, 15) is 4.79 Å². The third kappa shape index (κ3) is 4.89. The molecule has 1 amide bonds. The lowest BCUT2D eigenvalue weighted by Gasteiger charge is -2.09. The van der Waals surface area contributed by atoms with Crippen LogP contribution in [0.2, 0.25) is 0 Å². The summed E-state index contributed by atoms with van der Waals surface area (Å²) in [4.78, 5) is 11.6. The zero-order valence-electron chi connectivity index (χ0n) is 10.8. The Balaban J connectivity index is 2.42. The summed E-state index contributed by atoms with van der Waals surface area (Å²) in [5.41, 5.74) is 1.08. The summed E-state index contributed by atoms with van der Waals surface area (Å²) in [7, 11) is 1.65. The molecule has 17 heavy (non-hydrogen) atoms. The van der Waals surface area contributed by atoms with Crippen molar-refractivity contribution >= 4 is 5.91 Å². The van der Waals surface area contributed by atoms with Gasteiger partial charge in [-0.3, -0.25) is 4.79 Å². The first-order chi connectivity index (χ1) is 8.13. The highest BCUT2D eigenvalue weighted by Gasteiger charge is 2.06. The Morgan fingerprint density at radius 1 is 1.35 bits per heavy atom. The van der Waals surface area contributed by atoms with Crippen molar-refractivity contribution in [2.75, 3.05) is 13.7 Å². The highest BCUT2D eigenvalue weighted by Crippen LogP contribution is 2.18. The Labute approximate surface area is 103 Å². The molecule has 1 aromatic rings. The second-order valence-corrected chi connectivity index (χ2v) is 4.51. The van der Waals surface area contributed by atoms with E-state index in [1.807, 2.05) is 24.3 Å². The Bertz CT molecular complexity index is 361. The van der Waals surface area contributed by atoms with Crippen molar-refractivity contribution in [3.63, 3.8) is 0 Å². The lowest BCUT2D eigenvalue weighted by molar-refractivity contribution is -0.121. The number of hydrogen-bond donors (Lipinski definition) is 1. The summed E-state index contributed by atoms with van der Waals surface area (Å²) in [5.74, 6) is 1.44. The van der Waals surface area contributed by atoms with E-state index < -0.39 is 0 Å². The van der Waals surface area contributed by atoms with E-state index in [1.54, 1.807) is 7.11 Å². The maximum absolute atomic E-state index is 11.6. The van der Waals surface area contributed by atoms with Gasteiger partial charge < -0.3 is 10.1 Å². The normalized spacial score (nSPS) is 10.4. The summed E-state index contributed by atoms with van der Waals surface area (Å²) in [6.45, 7) is 4.91. The molecule has 0 aromatic heterocycles. The van der Waals surface area contributed by atoms with E-state index in [0.717, 1.165) is 17.9 Å². The van der Waals surface area contributed by atoms with Gasteiger partial charge in [0.2, 0.25) is 5.91 Å². The third-order valence-corrected chi connectivity index (χ3v) is 2.52. The van der Waals surface area contributed by atoms with Crippen LogP contribution in [0.25, 0.3) is 0 Å². The molecule has 0 aliphatic rings. The van der Waals surface area contributed by atoms with Gasteiger partial charge in [0, 0.05) is 13.0 Å². The minimum atomic E-state index is 0.101. The van der Waals surface area contributed by atoms with E-state index in [1.165, 1.54) is 0 Å². The second kappa shape index (κ2) is 6.94. The SMILES string of the molecule is COc1ccccc1CCC(=O)NCC(C)C. The fraction of sp³-hybridized carbons (Fsp3) is 0.500. The number of rotatable bonds is 6. The van der Waals surface area contributed by atoms with Gasteiger partial charge in [-0.1, -0.05) is 32.0 Å². The molecule has 0 spiro atoms. The number of carbonyl (C=O) groups is 1. The summed E-state index contributed by atoms with van der Waals surface area (Å²) in [6.07, 6.45) is 1.22. The van der Waals surface area contributed by atoms with Crippen molar-refractivity contribution in [2.45, 2.75) is 26.7 Å². The molecule has 3 nitrogen and oxygen atoms in total. The molecule has 94 valence electrons. The van der Waals surface area contributed by atoms with Gasteiger partial charge in [-0.05, 0) is 24.0 Å². The topological polar surface area (TPSA) is 38.3 Å². The molecule has 1 aromatic carbocycles. The summed E-state index contributed by atoms with van der Waals surface area (Å²) >= 11 is 0. The zero-order chi connectivity index (χ0) is 12.7. The monoisotopic (exact) mass is 235 g/mol. The maximum Gasteiger partial charge on any atom is 0.220 e. The van der Waals surface area contributed by atoms with Crippen molar-refractivity contribution in [1.29, 1.82) is 0 Å². The van der Waals surface area contributed by atoms with Crippen LogP contribution < -0.4 is 10.1 Å². The molecule has 0 radical (unpaired) electrons. The first-order valence-electron chi connectivity index (χ1n) is 6.02. The van der Waals surface area contributed by atoms with Crippen molar-refractivity contribution in [1.82, 2.24) is 5.32 Å². The lowest BCUT2D eigenvalue weighted by Crippen LogP contribution is -2.27. The van der Waals surface area contributed by atoms with Gasteiger partial charge in [0.15, 0.2) is 0 Å². The van der Waals surface area contributed by atoms with Crippen LogP contribution in [0.4, 0.5) is 0 Å². The first kappa shape index (κ1) is 13.6. The maximum atomic E-state index is 11.6. The van der Waals surface area contributed by atoms with Gasteiger partial charge in [-0.25, -0.2) is 0 Å². The molecule has 0 saturated heterocycles.